The maximum absolute atomic E-state index is 13.5. The van der Waals surface area contributed by atoms with E-state index in [1.807, 2.05) is 4.72 Å². The van der Waals surface area contributed by atoms with Gasteiger partial charge in [-0.3, -0.25) is 4.79 Å². The molecule has 0 radical (unpaired) electrons. The van der Waals surface area contributed by atoms with Crippen LogP contribution in [0, 0.1) is 23.3 Å². The molecule has 5 nitrogen and oxygen atoms in total. The molecule has 1 aromatic carbocycles. The van der Waals surface area contributed by atoms with Crippen LogP contribution < -0.4 is 4.72 Å². The van der Waals surface area contributed by atoms with Crippen LogP contribution in [0.5, 0.6) is 0 Å². The third-order valence-corrected chi connectivity index (χ3v) is 4.28. The Bertz CT molecular complexity index is 677. The molecule has 0 spiro atoms. The predicted molar refractivity (Wildman–Crippen MR) is 67.3 cm³/mol. The quantitative estimate of drug-likeness (QED) is 0.503. The highest BCUT2D eigenvalue weighted by Crippen LogP contribution is 2.25. The summed E-state index contributed by atoms with van der Waals surface area (Å²) in [6, 6.07) is -0.108. The summed E-state index contributed by atoms with van der Waals surface area (Å²) in [5.41, 5.74) is -1.51. The van der Waals surface area contributed by atoms with Crippen molar-refractivity contribution < 1.29 is 35.5 Å². The second-order valence-electron chi connectivity index (χ2n) is 5.04. The van der Waals surface area contributed by atoms with Gasteiger partial charge < -0.3 is 4.74 Å². The average molecular weight is 343 g/mol. The molecule has 0 unspecified atom stereocenters. The van der Waals surface area contributed by atoms with Crippen molar-refractivity contribution in [1.82, 2.24) is 4.72 Å². The minimum atomic E-state index is -4.97. The van der Waals surface area contributed by atoms with E-state index in [0.717, 1.165) is 7.11 Å². The van der Waals surface area contributed by atoms with Crippen molar-refractivity contribution in [3.05, 3.63) is 29.3 Å². The van der Waals surface area contributed by atoms with Crippen LogP contribution >= 0.6 is 0 Å². The van der Waals surface area contributed by atoms with E-state index < -0.39 is 56.1 Å². The summed E-state index contributed by atoms with van der Waals surface area (Å²) in [4.78, 5) is 9.38. The number of sulfonamides is 1. The van der Waals surface area contributed by atoms with E-state index in [-0.39, 0.29) is 6.07 Å². The standard InChI is InChI=1S/C12H13F4NO4S/c1-12(2,5-8(18)21-3)17-22(19,20)11-9(15)6(13)4-7(14)10(11)16/h4,17H,5H2,1-3H3. The minimum absolute atomic E-state index is 0.108. The lowest BCUT2D eigenvalue weighted by molar-refractivity contribution is -0.141. The maximum atomic E-state index is 13.5. The summed E-state index contributed by atoms with van der Waals surface area (Å²) in [6.45, 7) is 2.46. The molecule has 1 rings (SSSR count). The number of hydrogen-bond acceptors (Lipinski definition) is 4. The number of carbonyl (C=O) groups is 1. The van der Waals surface area contributed by atoms with E-state index in [0.29, 0.717) is 0 Å². The van der Waals surface area contributed by atoms with Gasteiger partial charge in [0, 0.05) is 11.6 Å². The Kier molecular flexibility index (Phi) is 5.18. The van der Waals surface area contributed by atoms with Gasteiger partial charge in [-0.1, -0.05) is 0 Å². The molecule has 10 heteroatoms. The van der Waals surface area contributed by atoms with Crippen molar-refractivity contribution in [2.45, 2.75) is 30.7 Å². The highest BCUT2D eigenvalue weighted by Gasteiger charge is 2.35. The first-order valence-corrected chi connectivity index (χ1v) is 7.33. The first kappa shape index (κ1) is 18.4. The lowest BCUT2D eigenvalue weighted by Crippen LogP contribution is -2.45. The van der Waals surface area contributed by atoms with Crippen molar-refractivity contribution in [3.8, 4) is 0 Å². The lowest BCUT2D eigenvalue weighted by Gasteiger charge is -2.24. The molecule has 0 heterocycles. The Morgan fingerprint density at radius 1 is 1.18 bits per heavy atom. The molecule has 0 amide bonds. The van der Waals surface area contributed by atoms with Crippen LogP contribution in [-0.4, -0.2) is 27.0 Å². The first-order chi connectivity index (χ1) is 9.91. The Morgan fingerprint density at radius 3 is 2.05 bits per heavy atom. The number of ether oxygens (including phenoxy) is 1. The fourth-order valence-corrected chi connectivity index (χ4v) is 3.24. The van der Waals surface area contributed by atoms with Crippen molar-refractivity contribution in [2.24, 2.45) is 0 Å². The van der Waals surface area contributed by atoms with Crippen LogP contribution in [0.1, 0.15) is 20.3 Å². The Balaban J connectivity index is 3.29. The van der Waals surface area contributed by atoms with Gasteiger partial charge >= 0.3 is 5.97 Å². The van der Waals surface area contributed by atoms with Gasteiger partial charge in [0.1, 0.15) is 0 Å². The first-order valence-electron chi connectivity index (χ1n) is 5.85. The molecule has 0 aliphatic carbocycles. The molecule has 124 valence electrons. The summed E-state index contributed by atoms with van der Waals surface area (Å²) in [5, 5.41) is 0. The van der Waals surface area contributed by atoms with Crippen molar-refractivity contribution in [1.29, 1.82) is 0 Å². The summed E-state index contributed by atoms with van der Waals surface area (Å²) >= 11 is 0. The molecular weight excluding hydrogens is 330 g/mol. The molecule has 0 atom stereocenters. The number of nitrogens with one attached hydrogen (secondary N) is 1. The molecule has 0 fully saturated rings. The molecule has 0 aliphatic heterocycles. The van der Waals surface area contributed by atoms with Gasteiger partial charge in [-0.05, 0) is 13.8 Å². The van der Waals surface area contributed by atoms with Gasteiger partial charge in [0.15, 0.2) is 28.2 Å². The zero-order chi connectivity index (χ0) is 17.3. The topological polar surface area (TPSA) is 72.5 Å². The van der Waals surface area contributed by atoms with Crippen LogP contribution in [0.3, 0.4) is 0 Å². The van der Waals surface area contributed by atoms with Crippen LogP contribution in [0.4, 0.5) is 17.6 Å². The molecule has 0 saturated carbocycles. The van der Waals surface area contributed by atoms with Gasteiger partial charge in [0.05, 0.1) is 13.5 Å². The zero-order valence-corrected chi connectivity index (χ0v) is 12.7. The molecule has 0 bridgehead atoms. The van der Waals surface area contributed by atoms with E-state index in [1.54, 1.807) is 0 Å². The monoisotopic (exact) mass is 343 g/mol. The molecule has 22 heavy (non-hydrogen) atoms. The average Bonchev–Trinajstić information content (AvgIpc) is 2.34. The summed E-state index contributed by atoms with van der Waals surface area (Å²) < 4.78 is 83.4. The van der Waals surface area contributed by atoms with E-state index in [9.17, 15) is 30.8 Å². The van der Waals surface area contributed by atoms with Crippen molar-refractivity contribution in [3.63, 3.8) is 0 Å². The van der Waals surface area contributed by atoms with Gasteiger partial charge in [-0.15, -0.1) is 0 Å². The minimum Gasteiger partial charge on any atom is -0.469 e. The van der Waals surface area contributed by atoms with Crippen molar-refractivity contribution >= 4 is 16.0 Å². The zero-order valence-electron chi connectivity index (χ0n) is 11.8. The SMILES string of the molecule is COC(=O)CC(C)(C)NS(=O)(=O)c1c(F)c(F)cc(F)c1F. The number of halogens is 4. The van der Waals surface area contributed by atoms with E-state index in [1.165, 1.54) is 13.8 Å². The normalized spacial score (nSPS) is 12.3. The molecule has 0 saturated heterocycles. The van der Waals surface area contributed by atoms with E-state index >= 15 is 0 Å². The maximum Gasteiger partial charge on any atom is 0.307 e. The van der Waals surface area contributed by atoms with Crippen LogP contribution in [0.25, 0.3) is 0 Å². The van der Waals surface area contributed by atoms with Crippen molar-refractivity contribution in [2.75, 3.05) is 7.11 Å². The van der Waals surface area contributed by atoms with Crippen LogP contribution in [-0.2, 0) is 19.6 Å². The van der Waals surface area contributed by atoms with E-state index in [4.69, 9.17) is 0 Å². The molecule has 0 aliphatic rings. The lowest BCUT2D eigenvalue weighted by atomic mass is 10.0. The number of hydrogen-bond donors (Lipinski definition) is 1. The summed E-state index contributed by atoms with van der Waals surface area (Å²) in [6.07, 6.45) is -0.468. The molecule has 1 N–H and O–H groups in total. The predicted octanol–water partition coefficient (Wildman–Crippen LogP) is 1.86. The van der Waals surface area contributed by atoms with Gasteiger partial charge in [-0.2, -0.15) is 0 Å². The number of rotatable bonds is 5. The fourth-order valence-electron chi connectivity index (χ4n) is 1.67. The second-order valence-corrected chi connectivity index (χ2v) is 6.66. The second kappa shape index (κ2) is 6.21. The largest absolute Gasteiger partial charge is 0.469 e. The number of carbonyl (C=O) groups excluding carboxylic acids is 1. The van der Waals surface area contributed by atoms with Crippen LogP contribution in [0.2, 0.25) is 0 Å². The van der Waals surface area contributed by atoms with Gasteiger partial charge in [-0.25, -0.2) is 30.7 Å². The molecule has 1 aromatic rings. The Labute approximate surface area is 124 Å². The summed E-state index contributed by atoms with van der Waals surface area (Å²) in [7, 11) is -3.90. The van der Waals surface area contributed by atoms with E-state index in [2.05, 4.69) is 4.74 Å². The Hall–Kier alpha value is -1.68. The number of benzene rings is 1. The number of esters is 1. The highest BCUT2D eigenvalue weighted by molar-refractivity contribution is 7.89. The smallest absolute Gasteiger partial charge is 0.307 e. The number of methoxy groups -OCH3 is 1. The van der Waals surface area contributed by atoms with Crippen LogP contribution in [0.15, 0.2) is 11.0 Å². The highest BCUT2D eigenvalue weighted by atomic mass is 32.2. The third kappa shape index (κ3) is 3.95. The fraction of sp³-hybridized carbons (Fsp3) is 0.417. The Morgan fingerprint density at radius 2 is 1.64 bits per heavy atom. The van der Waals surface area contributed by atoms with Gasteiger partial charge in [0.25, 0.3) is 0 Å². The summed E-state index contributed by atoms with van der Waals surface area (Å²) in [5.74, 6) is -8.62. The molecular formula is C12H13F4NO4S. The third-order valence-electron chi connectivity index (χ3n) is 2.56. The van der Waals surface area contributed by atoms with Gasteiger partial charge in [0.2, 0.25) is 10.0 Å². The molecule has 0 aromatic heterocycles.